The summed E-state index contributed by atoms with van der Waals surface area (Å²) in [7, 11) is 0. The van der Waals surface area contributed by atoms with Crippen LogP contribution >= 0.6 is 0 Å². The maximum Gasteiger partial charge on any atom is 0.419 e. The molecule has 2 nitrogen and oxygen atoms in total. The second kappa shape index (κ2) is 6.13. The highest BCUT2D eigenvalue weighted by Crippen LogP contribution is 2.37. The summed E-state index contributed by atoms with van der Waals surface area (Å²) in [5.41, 5.74) is -1.45. The zero-order valence-electron chi connectivity index (χ0n) is 12.7. The molecule has 1 aliphatic heterocycles. The molecule has 126 valence electrons. The summed E-state index contributed by atoms with van der Waals surface area (Å²) in [4.78, 5) is 14.4. The molecule has 2 atom stereocenters. The topological polar surface area (TPSA) is 20.3 Å². The molecule has 0 spiro atoms. The number of hydrogen-bond donors (Lipinski definition) is 0. The van der Waals surface area contributed by atoms with Gasteiger partial charge in [0.1, 0.15) is 5.82 Å². The van der Waals surface area contributed by atoms with E-state index < -0.39 is 23.5 Å². The molecule has 1 saturated heterocycles. The minimum Gasteiger partial charge on any atom is -0.335 e. The highest BCUT2D eigenvalue weighted by molar-refractivity contribution is 5.94. The van der Waals surface area contributed by atoms with Gasteiger partial charge in [-0.25, -0.2) is 4.39 Å². The Morgan fingerprint density at radius 3 is 2.52 bits per heavy atom. The van der Waals surface area contributed by atoms with Gasteiger partial charge in [0.25, 0.3) is 5.91 Å². The molecular formula is C17H19F4NO. The first-order chi connectivity index (χ1) is 10.9. The summed E-state index contributed by atoms with van der Waals surface area (Å²) in [6.07, 6.45) is 1.33. The van der Waals surface area contributed by atoms with Crippen molar-refractivity contribution in [1.29, 1.82) is 0 Å². The Hall–Kier alpha value is -1.59. The summed E-state index contributed by atoms with van der Waals surface area (Å²) >= 11 is 0. The van der Waals surface area contributed by atoms with Crippen LogP contribution in [0.5, 0.6) is 0 Å². The van der Waals surface area contributed by atoms with E-state index in [9.17, 15) is 22.4 Å². The zero-order valence-corrected chi connectivity index (χ0v) is 12.7. The minimum absolute atomic E-state index is 0.0788. The summed E-state index contributed by atoms with van der Waals surface area (Å²) in [5, 5.41) is 0. The fourth-order valence-electron chi connectivity index (χ4n) is 3.92. The summed E-state index contributed by atoms with van der Waals surface area (Å²) in [6, 6.07) is 2.64. The van der Waals surface area contributed by atoms with Gasteiger partial charge in [-0.2, -0.15) is 13.2 Å². The summed E-state index contributed by atoms with van der Waals surface area (Å²) in [6.45, 7) is 0.568. The maximum absolute atomic E-state index is 13.4. The van der Waals surface area contributed by atoms with Crippen LogP contribution in [0.3, 0.4) is 0 Å². The molecule has 0 radical (unpaired) electrons. The minimum atomic E-state index is -4.80. The van der Waals surface area contributed by atoms with E-state index in [1.165, 1.54) is 0 Å². The summed E-state index contributed by atoms with van der Waals surface area (Å²) < 4.78 is 51.9. The molecule has 0 aromatic heterocycles. The molecular weight excluding hydrogens is 310 g/mol. The first-order valence-corrected chi connectivity index (χ1v) is 8.05. The molecule has 23 heavy (non-hydrogen) atoms. The highest BCUT2D eigenvalue weighted by atomic mass is 19.4. The average molecular weight is 329 g/mol. The predicted octanol–water partition coefficient (Wildman–Crippen LogP) is 4.64. The third-order valence-electron chi connectivity index (χ3n) is 5.02. The number of likely N-dealkylation sites (tertiary alicyclic amines) is 1. The lowest BCUT2D eigenvalue weighted by atomic mass is 9.78. The van der Waals surface area contributed by atoms with Crippen LogP contribution in [-0.2, 0) is 6.18 Å². The predicted molar refractivity (Wildman–Crippen MR) is 77.4 cm³/mol. The molecule has 0 N–H and O–H groups in total. The van der Waals surface area contributed by atoms with Crippen molar-refractivity contribution in [2.75, 3.05) is 6.54 Å². The zero-order chi connectivity index (χ0) is 16.6. The Balaban J connectivity index is 1.87. The van der Waals surface area contributed by atoms with E-state index in [1.54, 1.807) is 4.90 Å². The number of carbonyl (C=O) groups excluding carboxylic acids is 1. The fraction of sp³-hybridized carbons (Fsp3) is 0.588. The van der Waals surface area contributed by atoms with Gasteiger partial charge in [0.2, 0.25) is 0 Å². The van der Waals surface area contributed by atoms with Crippen molar-refractivity contribution in [1.82, 2.24) is 4.90 Å². The third-order valence-corrected chi connectivity index (χ3v) is 5.02. The third kappa shape index (κ3) is 3.21. The molecule has 1 amide bonds. The molecule has 2 fully saturated rings. The Morgan fingerprint density at radius 2 is 1.78 bits per heavy atom. The smallest absolute Gasteiger partial charge is 0.335 e. The molecule has 0 bridgehead atoms. The van der Waals surface area contributed by atoms with Crippen molar-refractivity contribution in [3.8, 4) is 0 Å². The second-order valence-electron chi connectivity index (χ2n) is 6.45. The first-order valence-electron chi connectivity index (χ1n) is 8.05. The van der Waals surface area contributed by atoms with E-state index >= 15 is 0 Å². The van der Waals surface area contributed by atoms with E-state index in [0.717, 1.165) is 50.7 Å². The number of fused-ring (bicyclic) bond motifs is 1. The van der Waals surface area contributed by atoms with Crippen molar-refractivity contribution in [3.63, 3.8) is 0 Å². The van der Waals surface area contributed by atoms with Crippen LogP contribution in [-0.4, -0.2) is 23.4 Å². The number of halogens is 4. The van der Waals surface area contributed by atoms with Gasteiger partial charge in [0.05, 0.1) is 5.56 Å². The summed E-state index contributed by atoms with van der Waals surface area (Å²) in [5.74, 6) is -1.31. The molecule has 1 heterocycles. The number of rotatable bonds is 1. The van der Waals surface area contributed by atoms with E-state index in [0.29, 0.717) is 18.5 Å². The Labute approximate surface area is 132 Å². The van der Waals surface area contributed by atoms with Gasteiger partial charge in [0, 0.05) is 18.2 Å². The SMILES string of the molecule is O=C(c1ccc(F)c(C(F)(F)F)c1)N1CCCC2CCCCC21. The molecule has 1 aliphatic carbocycles. The van der Waals surface area contributed by atoms with Crippen molar-refractivity contribution >= 4 is 5.91 Å². The molecule has 1 aromatic rings. The monoisotopic (exact) mass is 329 g/mol. The van der Waals surface area contributed by atoms with Crippen molar-refractivity contribution < 1.29 is 22.4 Å². The van der Waals surface area contributed by atoms with Crippen LogP contribution in [0.4, 0.5) is 17.6 Å². The van der Waals surface area contributed by atoms with Crippen LogP contribution in [0, 0.1) is 11.7 Å². The standard InChI is InChI=1S/C17H19F4NO/c18-14-8-7-12(10-13(14)17(19,20)21)16(23)22-9-3-5-11-4-1-2-6-15(11)22/h7-8,10-11,15H,1-6,9H2. The van der Waals surface area contributed by atoms with Crippen LogP contribution in [0.15, 0.2) is 18.2 Å². The van der Waals surface area contributed by atoms with Crippen molar-refractivity contribution in [2.24, 2.45) is 5.92 Å². The Kier molecular flexibility index (Phi) is 4.34. The van der Waals surface area contributed by atoms with Crippen molar-refractivity contribution in [2.45, 2.75) is 50.7 Å². The Bertz CT molecular complexity index is 597. The lowest BCUT2D eigenvalue weighted by molar-refractivity contribution is -0.140. The van der Waals surface area contributed by atoms with Crippen LogP contribution < -0.4 is 0 Å². The van der Waals surface area contributed by atoms with E-state index in [1.807, 2.05) is 0 Å². The molecule has 3 rings (SSSR count). The van der Waals surface area contributed by atoms with Crippen molar-refractivity contribution in [3.05, 3.63) is 35.1 Å². The van der Waals surface area contributed by atoms with Gasteiger partial charge >= 0.3 is 6.18 Å². The quantitative estimate of drug-likeness (QED) is 0.687. The Morgan fingerprint density at radius 1 is 1.09 bits per heavy atom. The molecule has 1 saturated carbocycles. The van der Waals surface area contributed by atoms with Gasteiger partial charge < -0.3 is 4.90 Å². The first kappa shape index (κ1) is 16.3. The number of alkyl halides is 3. The van der Waals surface area contributed by atoms with Gasteiger partial charge in [-0.05, 0) is 49.8 Å². The van der Waals surface area contributed by atoms with Crippen LogP contribution in [0.25, 0.3) is 0 Å². The molecule has 1 aromatic carbocycles. The molecule has 2 aliphatic rings. The highest BCUT2D eigenvalue weighted by Gasteiger charge is 2.38. The fourth-order valence-corrected chi connectivity index (χ4v) is 3.92. The largest absolute Gasteiger partial charge is 0.419 e. The van der Waals surface area contributed by atoms with Gasteiger partial charge in [-0.3, -0.25) is 4.79 Å². The normalized spacial score (nSPS) is 25.1. The number of nitrogens with zero attached hydrogens (tertiary/aromatic N) is 1. The van der Waals surface area contributed by atoms with E-state index in [2.05, 4.69) is 0 Å². The number of benzene rings is 1. The van der Waals surface area contributed by atoms with Crippen LogP contribution in [0.2, 0.25) is 0 Å². The molecule has 6 heteroatoms. The number of carbonyl (C=O) groups is 1. The lowest BCUT2D eigenvalue weighted by Gasteiger charge is -2.44. The average Bonchev–Trinajstić information content (AvgIpc) is 2.53. The number of piperidine rings is 1. The number of amides is 1. The van der Waals surface area contributed by atoms with E-state index in [4.69, 9.17) is 0 Å². The van der Waals surface area contributed by atoms with Gasteiger partial charge in [0.15, 0.2) is 0 Å². The van der Waals surface area contributed by atoms with Crippen LogP contribution in [0.1, 0.15) is 54.4 Å². The second-order valence-corrected chi connectivity index (χ2v) is 6.45. The van der Waals surface area contributed by atoms with E-state index in [-0.39, 0.29) is 11.6 Å². The van der Waals surface area contributed by atoms with Gasteiger partial charge in [-0.1, -0.05) is 12.8 Å². The maximum atomic E-state index is 13.4. The molecule has 2 unspecified atom stereocenters. The van der Waals surface area contributed by atoms with Gasteiger partial charge in [-0.15, -0.1) is 0 Å². The number of hydrogen-bond acceptors (Lipinski definition) is 1. The lowest BCUT2D eigenvalue weighted by Crippen LogP contribution is -2.49.